The second kappa shape index (κ2) is 35.4. The van der Waals surface area contributed by atoms with E-state index < -0.39 is 0 Å². The van der Waals surface area contributed by atoms with Crippen LogP contribution >= 0.6 is 22.6 Å². The first kappa shape index (κ1) is 73.0. The monoisotopic (exact) mass is 1510 g/mol. The van der Waals surface area contributed by atoms with Crippen LogP contribution in [0.2, 0.25) is 0 Å². The van der Waals surface area contributed by atoms with E-state index in [1.54, 1.807) is 92.6 Å². The van der Waals surface area contributed by atoms with Gasteiger partial charge in [0.05, 0.1) is 128 Å². The van der Waals surface area contributed by atoms with Crippen molar-refractivity contribution in [3.05, 3.63) is 146 Å². The Bertz CT molecular complexity index is 3920. The Labute approximate surface area is 594 Å². The third kappa shape index (κ3) is 18.1. The van der Waals surface area contributed by atoms with Crippen molar-refractivity contribution in [2.45, 2.75) is 31.0 Å². The molecule has 540 valence electrons. The number of hydrogen-bond donors (Lipinski definition) is 2. The number of hydrogen-bond acceptors (Lipinski definition) is 21. The second-order valence-corrected chi connectivity index (χ2v) is 25.5. The number of fused-ring (bicyclic) bond motifs is 8. The first-order valence-corrected chi connectivity index (χ1v) is 34.5. The van der Waals surface area contributed by atoms with Crippen molar-refractivity contribution in [3.63, 3.8) is 0 Å². The summed E-state index contributed by atoms with van der Waals surface area (Å²) in [5.74, 6) is -0.167. The molecule has 2 N–H and O–H groups in total. The summed E-state index contributed by atoms with van der Waals surface area (Å²) >= 11 is 2.25. The van der Waals surface area contributed by atoms with Crippen LogP contribution in [0.4, 0.5) is 14.4 Å². The van der Waals surface area contributed by atoms with Crippen LogP contribution in [0.1, 0.15) is 44.3 Å². The number of hydroxylamine groups is 4. The van der Waals surface area contributed by atoms with Gasteiger partial charge in [-0.05, 0) is 84.0 Å². The number of likely N-dealkylation sites (N-methyl/N-ethyl adjacent to an activating group) is 1. The van der Waals surface area contributed by atoms with Gasteiger partial charge in [-0.15, -0.1) is 13.2 Å². The van der Waals surface area contributed by atoms with Crippen molar-refractivity contribution in [1.29, 1.82) is 0 Å². The topological polar surface area (TPSA) is 341 Å². The zero-order chi connectivity index (χ0) is 70.8. The van der Waals surface area contributed by atoms with Gasteiger partial charge in [0, 0.05) is 114 Å². The Morgan fingerprint density at radius 1 is 0.545 bits per heavy atom. The summed E-state index contributed by atoms with van der Waals surface area (Å²) in [5, 5.41) is 28.7. The van der Waals surface area contributed by atoms with Crippen molar-refractivity contribution in [2.75, 3.05) is 178 Å². The Kier molecular flexibility index (Phi) is 25.5. The molecule has 17 heterocycles. The molecule has 11 aliphatic rings. The molecule has 0 saturated carbocycles. The fourth-order valence-corrected chi connectivity index (χ4v) is 12.9. The summed E-state index contributed by atoms with van der Waals surface area (Å²) in [6.07, 6.45) is 19.8. The number of carbonyl (C=O) groups is 6. The molecule has 11 aliphatic heterocycles. The van der Waals surface area contributed by atoms with Gasteiger partial charge in [-0.25, -0.2) is 23.7 Å². The maximum absolute atomic E-state index is 12.5. The number of halogens is 1. The number of amides is 9. The van der Waals surface area contributed by atoms with E-state index in [9.17, 15) is 38.4 Å². The van der Waals surface area contributed by atoms with Crippen LogP contribution in [0.5, 0.6) is 0 Å². The van der Waals surface area contributed by atoms with E-state index in [2.05, 4.69) is 83.8 Å². The van der Waals surface area contributed by atoms with Crippen LogP contribution in [0, 0.1) is 0 Å². The van der Waals surface area contributed by atoms with E-state index in [4.69, 9.17) is 33.4 Å². The number of nitrogens with one attached hydrogen (secondary N) is 2. The lowest BCUT2D eigenvalue weighted by atomic mass is 10.2. The normalized spacial score (nSPS) is 21.3. The van der Waals surface area contributed by atoms with Crippen LogP contribution in [-0.2, 0) is 33.4 Å². The summed E-state index contributed by atoms with van der Waals surface area (Å²) < 4.78 is 32.4. The van der Waals surface area contributed by atoms with Gasteiger partial charge < -0.3 is 63.3 Å². The van der Waals surface area contributed by atoms with Crippen LogP contribution in [0.15, 0.2) is 118 Å². The predicted octanol–water partition coefficient (Wildman–Crippen LogP) is 1.35. The van der Waals surface area contributed by atoms with Gasteiger partial charge in [-0.2, -0.15) is 44.7 Å². The molecule has 0 aliphatic carbocycles. The fourth-order valence-electron chi connectivity index (χ4n) is 12.0. The standard InChI is InChI=1S/C17H21N5O4.C15H19N5O3.C9H11IN2O2.C8H4N4O2.C8H11N3O2.C4H9NO.C4H8O/c1-2-7-26-22-14-10-13(11-20(12-14)17(22)24)21-4-3-15(18-21)16(23)19-5-8-25-9-6-19;1-17-11-8-12(10-19(9-11)15(17)22)20-3-2-13(16-20)14(21)18-4-6-23-7-5-18;1-2-3-14-12-8-4-7(10)5-11(6-8)9(12)13;13-7-5-1-3-9-11(5)8(14)6-2-4-10-12(6)7;12-8(7-1-2-9-10-7)11-3-5-13-6-4-11;1-3-6-4-2-5-1;1-2-4-5-3-1/h2-4,10,14H,1,5-9,11-12H2;2-3,8,11H,4-7,9-10H2,1H3;2,4,8H,1,3,5-6H2;1-4H;1-2H,3-6H2,(H,9,10);5H,1-4H2;1-4H2. The van der Waals surface area contributed by atoms with E-state index in [1.165, 1.54) is 51.1 Å². The van der Waals surface area contributed by atoms with E-state index in [0.29, 0.717) is 129 Å². The minimum atomic E-state index is -0.331. The lowest BCUT2D eigenvalue weighted by Crippen LogP contribution is -2.40. The summed E-state index contributed by atoms with van der Waals surface area (Å²) in [7, 11) is 1.81. The number of rotatable bonds is 11. The fraction of sp³-hybridized carbons (Fsp3) is 0.492. The molecular formula is C65H83IN20O15. The molecule has 8 fully saturated rings. The van der Waals surface area contributed by atoms with Gasteiger partial charge in [0.1, 0.15) is 16.7 Å². The van der Waals surface area contributed by atoms with Crippen LogP contribution in [-0.4, -0.2) is 325 Å². The number of H-pyrrole nitrogens is 1. The molecule has 6 bridgehead atoms. The van der Waals surface area contributed by atoms with Crippen molar-refractivity contribution >= 4 is 80.8 Å². The van der Waals surface area contributed by atoms with Gasteiger partial charge in [0.15, 0.2) is 11.4 Å². The van der Waals surface area contributed by atoms with Crippen molar-refractivity contribution in [1.82, 2.24) is 98.7 Å². The first-order chi connectivity index (χ1) is 49.2. The first-order valence-electron chi connectivity index (χ1n) is 33.4. The molecule has 9 amide bonds. The smallest absolute Gasteiger partial charge is 0.345 e. The molecule has 101 heavy (non-hydrogen) atoms. The number of ether oxygens (including phenoxy) is 5. The van der Waals surface area contributed by atoms with Gasteiger partial charge in [-0.1, -0.05) is 12.2 Å². The maximum atomic E-state index is 12.5. The maximum Gasteiger partial charge on any atom is 0.345 e. The number of nitrogens with zero attached hydrogens (tertiary/aromatic N) is 18. The molecule has 6 aromatic rings. The molecule has 3 atom stereocenters. The highest BCUT2D eigenvalue weighted by atomic mass is 127. The molecule has 0 spiro atoms. The van der Waals surface area contributed by atoms with Crippen molar-refractivity contribution in [3.8, 4) is 0 Å². The molecule has 0 aromatic carbocycles. The van der Waals surface area contributed by atoms with E-state index in [0.717, 1.165) is 73.0 Å². The molecule has 3 unspecified atom stereocenters. The minimum Gasteiger partial charge on any atom is -0.381 e. The molecule has 6 aromatic heterocycles. The quantitative estimate of drug-likeness (QED) is 0.137. The SMILES string of the molecule is C1CCOC1.C1COCCN1.C=CCON1C(=O)N2CC(I)=CC1C2.C=CCON1C(=O)N2CC(n3ccc(C(=O)N4CCOCC4)n3)=CC1C2.CN1C(=O)N2CC(n3ccc(C(=O)N4CCOCC4)n3)=CC1C2.O=C(c1ccn[nH]1)N1CCOCC1.O=c1c2ccnn2c(=O)c2ccnn12. The van der Waals surface area contributed by atoms with Crippen LogP contribution < -0.4 is 16.4 Å². The Morgan fingerprint density at radius 2 is 0.980 bits per heavy atom. The Balaban J connectivity index is 0.000000125. The molecule has 36 heteroatoms. The van der Waals surface area contributed by atoms with Crippen molar-refractivity contribution in [2.24, 2.45) is 0 Å². The Morgan fingerprint density at radius 3 is 1.41 bits per heavy atom. The summed E-state index contributed by atoms with van der Waals surface area (Å²) in [4.78, 5) is 119. The van der Waals surface area contributed by atoms with Crippen LogP contribution in [0.25, 0.3) is 22.4 Å². The highest BCUT2D eigenvalue weighted by Gasteiger charge is 2.43. The molecule has 0 radical (unpaired) electrons. The van der Waals surface area contributed by atoms with E-state index in [1.807, 2.05) is 13.1 Å². The average Bonchev–Trinajstić information content (AvgIpc) is 1.69. The second-order valence-electron chi connectivity index (χ2n) is 24.1. The predicted molar refractivity (Wildman–Crippen MR) is 371 cm³/mol. The van der Waals surface area contributed by atoms with Gasteiger partial charge in [0.2, 0.25) is 0 Å². The largest absolute Gasteiger partial charge is 0.381 e. The number of urea groups is 3. The van der Waals surface area contributed by atoms with Gasteiger partial charge >= 0.3 is 18.1 Å². The zero-order valence-corrected chi connectivity index (χ0v) is 58.3. The minimum absolute atomic E-state index is 0.000741. The highest BCUT2D eigenvalue weighted by molar-refractivity contribution is 14.1. The third-order valence-electron chi connectivity index (χ3n) is 17.3. The van der Waals surface area contributed by atoms with Crippen LogP contribution in [0.3, 0.4) is 0 Å². The van der Waals surface area contributed by atoms with E-state index >= 15 is 0 Å². The lowest BCUT2D eigenvalue weighted by molar-refractivity contribution is -0.107. The lowest BCUT2D eigenvalue weighted by Gasteiger charge is -2.26. The number of aromatic nitrogens is 10. The molecule has 17 rings (SSSR count). The van der Waals surface area contributed by atoms with Gasteiger partial charge in [0.25, 0.3) is 28.8 Å². The highest BCUT2D eigenvalue weighted by Crippen LogP contribution is 2.29. The molecular weight excluding hydrogens is 1430 g/mol. The van der Waals surface area contributed by atoms with E-state index in [-0.39, 0.29) is 82.7 Å². The van der Waals surface area contributed by atoms with Gasteiger partial charge in [-0.3, -0.25) is 38.7 Å². The summed E-state index contributed by atoms with van der Waals surface area (Å²) in [5.41, 5.74) is 2.97. The van der Waals surface area contributed by atoms with Crippen molar-refractivity contribution < 1.29 is 62.1 Å². The average molecular weight is 1510 g/mol. The summed E-state index contributed by atoms with van der Waals surface area (Å²) in [6, 6.07) is 7.91. The number of carbonyl (C=O) groups excluding carboxylic acids is 6. The molecule has 35 nitrogen and oxygen atoms in total. The Hall–Kier alpha value is -9.28. The molecule has 8 saturated heterocycles. The zero-order valence-electron chi connectivity index (χ0n) is 56.2. The number of morpholine rings is 4. The summed E-state index contributed by atoms with van der Waals surface area (Å²) in [6.45, 7) is 24.5. The third-order valence-corrected chi connectivity index (χ3v) is 18.0. The number of aromatic amines is 1.